The Morgan fingerprint density at radius 2 is 1.06 bits per heavy atom. The first kappa shape index (κ1) is 36.3. The van der Waals surface area contributed by atoms with Gasteiger partial charge < -0.3 is 0 Å². The lowest BCUT2D eigenvalue weighted by molar-refractivity contribution is 0.262. The molecule has 0 atom stereocenters. The van der Waals surface area contributed by atoms with Crippen LogP contribution in [0, 0.1) is 13.8 Å². The molecule has 0 bridgehead atoms. The molecule has 4 heterocycles. The summed E-state index contributed by atoms with van der Waals surface area (Å²) < 4.78 is 71.7. The zero-order valence-corrected chi connectivity index (χ0v) is 32.6. The third kappa shape index (κ3) is 7.14. The van der Waals surface area contributed by atoms with Gasteiger partial charge in [0.15, 0.2) is 11.6 Å². The molecule has 6 aromatic rings. The van der Waals surface area contributed by atoms with Crippen molar-refractivity contribution >= 4 is 60.6 Å². The van der Waals surface area contributed by atoms with E-state index in [1.165, 1.54) is 12.1 Å². The minimum Gasteiger partial charge on any atom is -0.290 e. The average Bonchev–Trinajstić information content (AvgIpc) is 3.83. The standard InChI is InChI=1S/C37H36N6O7S4/c1-21-9-13-23(14-10-21)19-42-31-27(7-3-5-25-17-29(51-33(25)31)53(45,46)47)35(40-42)38-37(44)39-36-28-8-4-6-26-18-30(54(48,49)50)52-34(26)32(28)43(41-36)20-24-15-11-22(2)12-16-24/h9-18H,3-8,19-20H2,1-2H3,(H,45,46,47)(H,48,49,50)(H2,38,39,40,41,44). The van der Waals surface area contributed by atoms with E-state index in [9.17, 15) is 30.7 Å². The third-order valence-corrected chi connectivity index (χ3v) is 14.7. The number of aromatic nitrogens is 4. The van der Waals surface area contributed by atoms with Gasteiger partial charge in [-0.25, -0.2) is 4.79 Å². The summed E-state index contributed by atoms with van der Waals surface area (Å²) in [6.45, 7) is 4.71. The van der Waals surface area contributed by atoms with Crippen LogP contribution < -0.4 is 10.6 Å². The van der Waals surface area contributed by atoms with Crippen LogP contribution in [0.4, 0.5) is 16.4 Å². The molecule has 4 aromatic heterocycles. The van der Waals surface area contributed by atoms with Gasteiger partial charge in [-0.3, -0.25) is 29.1 Å². The van der Waals surface area contributed by atoms with Gasteiger partial charge in [-0.05, 0) is 86.8 Å². The fourth-order valence-corrected chi connectivity index (χ4v) is 11.1. The van der Waals surface area contributed by atoms with Crippen molar-refractivity contribution in [2.45, 2.75) is 73.9 Å². The molecule has 8 rings (SSSR count). The van der Waals surface area contributed by atoms with Crippen molar-refractivity contribution in [2.75, 3.05) is 10.6 Å². The number of benzene rings is 2. The normalized spacial score (nSPS) is 14.0. The summed E-state index contributed by atoms with van der Waals surface area (Å²) in [4.78, 5) is 15.3. The molecule has 2 amide bonds. The first-order chi connectivity index (χ1) is 25.7. The van der Waals surface area contributed by atoms with Gasteiger partial charge in [-0.15, -0.1) is 22.7 Å². The molecule has 0 radical (unpaired) electrons. The molecule has 0 saturated heterocycles. The largest absolute Gasteiger partial charge is 0.326 e. The minimum absolute atomic E-state index is 0.143. The molecule has 54 heavy (non-hydrogen) atoms. The van der Waals surface area contributed by atoms with Gasteiger partial charge in [0.25, 0.3) is 0 Å². The topological polar surface area (TPSA) is 186 Å². The zero-order valence-electron chi connectivity index (χ0n) is 29.3. The highest BCUT2D eigenvalue weighted by molar-refractivity contribution is 7.88. The molecule has 2 aliphatic rings. The van der Waals surface area contributed by atoms with Crippen molar-refractivity contribution in [3.8, 4) is 21.1 Å². The lowest BCUT2D eigenvalue weighted by Gasteiger charge is -2.08. The van der Waals surface area contributed by atoms with Crippen molar-refractivity contribution in [2.24, 2.45) is 0 Å². The van der Waals surface area contributed by atoms with Crippen molar-refractivity contribution in [1.29, 1.82) is 0 Å². The van der Waals surface area contributed by atoms with E-state index in [0.717, 1.165) is 67.2 Å². The molecule has 17 heteroatoms. The van der Waals surface area contributed by atoms with E-state index >= 15 is 0 Å². The van der Waals surface area contributed by atoms with Crippen LogP contribution in [-0.2, 0) is 59.0 Å². The van der Waals surface area contributed by atoms with Crippen molar-refractivity contribution in [1.82, 2.24) is 19.6 Å². The van der Waals surface area contributed by atoms with E-state index in [2.05, 4.69) is 10.6 Å². The summed E-state index contributed by atoms with van der Waals surface area (Å²) in [5, 5.41) is 15.6. The molecule has 0 saturated carbocycles. The third-order valence-electron chi connectivity index (χ3n) is 9.73. The van der Waals surface area contributed by atoms with Crippen molar-refractivity contribution < 1.29 is 30.7 Å². The number of urea groups is 1. The van der Waals surface area contributed by atoms with Crippen LogP contribution in [0.2, 0.25) is 0 Å². The summed E-state index contributed by atoms with van der Waals surface area (Å²) in [5.74, 6) is 0.653. The summed E-state index contributed by atoms with van der Waals surface area (Å²) in [6, 6.07) is 18.4. The van der Waals surface area contributed by atoms with E-state index in [1.54, 1.807) is 9.36 Å². The van der Waals surface area contributed by atoms with Gasteiger partial charge in [0.1, 0.15) is 8.42 Å². The molecule has 0 unspecified atom stereocenters. The number of anilines is 2. The Morgan fingerprint density at radius 3 is 1.43 bits per heavy atom. The molecule has 2 aliphatic carbocycles. The molecule has 2 aromatic carbocycles. The monoisotopic (exact) mass is 804 g/mol. The number of amides is 2. The SMILES string of the molecule is Cc1ccc(Cn2nc(NC(=O)Nc3nn(Cc4ccc(C)cc4)c4c3CCCc3cc(S(=O)(=O)O)sc3-4)c3c2-c2sc(S(=O)(=O)O)cc2CCC3)cc1. The minimum atomic E-state index is -4.43. The van der Waals surface area contributed by atoms with Crippen LogP contribution in [-0.4, -0.2) is 51.5 Å². The lowest BCUT2D eigenvalue weighted by atomic mass is 10.1. The van der Waals surface area contributed by atoms with E-state index in [-0.39, 0.29) is 8.42 Å². The number of aryl methyl sites for hydroxylation is 4. The van der Waals surface area contributed by atoms with Crippen LogP contribution >= 0.6 is 22.7 Å². The first-order valence-corrected chi connectivity index (χ1v) is 21.8. The summed E-state index contributed by atoms with van der Waals surface area (Å²) in [5.41, 5.74) is 8.60. The second-order valence-corrected chi connectivity index (χ2v) is 19.1. The summed E-state index contributed by atoms with van der Waals surface area (Å²) in [6.07, 6.45) is 3.64. The second-order valence-electron chi connectivity index (χ2n) is 13.7. The highest BCUT2D eigenvalue weighted by Gasteiger charge is 2.31. The van der Waals surface area contributed by atoms with Crippen molar-refractivity contribution in [3.63, 3.8) is 0 Å². The maximum atomic E-state index is 14.0. The Morgan fingerprint density at radius 1 is 0.667 bits per heavy atom. The van der Waals surface area contributed by atoms with Crippen LogP contribution in [0.25, 0.3) is 21.1 Å². The summed E-state index contributed by atoms with van der Waals surface area (Å²) >= 11 is 1.97. The van der Waals surface area contributed by atoms with Gasteiger partial charge in [0, 0.05) is 11.1 Å². The number of rotatable bonds is 8. The number of fused-ring (bicyclic) bond motifs is 6. The molecule has 0 fully saturated rings. The van der Waals surface area contributed by atoms with Gasteiger partial charge in [-0.2, -0.15) is 27.0 Å². The van der Waals surface area contributed by atoms with Gasteiger partial charge >= 0.3 is 26.3 Å². The van der Waals surface area contributed by atoms with Crippen LogP contribution in [0.15, 0.2) is 69.1 Å². The Kier molecular flexibility index (Phi) is 9.34. The van der Waals surface area contributed by atoms with Gasteiger partial charge in [0.2, 0.25) is 0 Å². The Balaban J connectivity index is 1.17. The molecule has 4 N–H and O–H groups in total. The zero-order chi connectivity index (χ0) is 37.9. The number of carbonyl (C=O) groups excluding carboxylic acids is 1. The number of hydrogen-bond donors (Lipinski definition) is 4. The predicted molar refractivity (Wildman–Crippen MR) is 208 cm³/mol. The molecular formula is C37H36N6O7S4. The van der Waals surface area contributed by atoms with E-state index in [1.807, 2.05) is 62.4 Å². The molecule has 0 aliphatic heterocycles. The number of carbonyl (C=O) groups is 1. The maximum Gasteiger partial charge on any atom is 0.326 e. The Hall–Kier alpha value is -4.65. The number of nitrogens with zero attached hydrogens (tertiary/aromatic N) is 4. The first-order valence-electron chi connectivity index (χ1n) is 17.3. The molecule has 0 spiro atoms. The fraction of sp³-hybridized carbons (Fsp3) is 0.270. The second kappa shape index (κ2) is 13.9. The number of nitrogens with one attached hydrogen (secondary N) is 2. The van der Waals surface area contributed by atoms with Crippen LogP contribution in [0.1, 0.15) is 57.3 Å². The van der Waals surface area contributed by atoms with E-state index < -0.39 is 26.3 Å². The summed E-state index contributed by atoms with van der Waals surface area (Å²) in [7, 11) is -8.86. The van der Waals surface area contributed by atoms with E-state index in [0.29, 0.717) is 84.4 Å². The van der Waals surface area contributed by atoms with Crippen LogP contribution in [0.5, 0.6) is 0 Å². The smallest absolute Gasteiger partial charge is 0.290 e. The Bertz CT molecular complexity index is 2470. The average molecular weight is 805 g/mol. The number of thiophene rings is 2. The number of hydrogen-bond acceptors (Lipinski definition) is 9. The maximum absolute atomic E-state index is 14.0. The molecule has 13 nitrogen and oxygen atoms in total. The molecule has 280 valence electrons. The molecular weight excluding hydrogens is 769 g/mol. The van der Waals surface area contributed by atoms with Crippen molar-refractivity contribution in [3.05, 3.63) is 105 Å². The van der Waals surface area contributed by atoms with Gasteiger partial charge in [-0.1, -0.05) is 59.7 Å². The van der Waals surface area contributed by atoms with E-state index in [4.69, 9.17) is 10.2 Å². The fourth-order valence-electron chi connectivity index (χ4n) is 7.13. The van der Waals surface area contributed by atoms with Gasteiger partial charge in [0.05, 0.1) is 34.2 Å². The quantitative estimate of drug-likeness (QED) is 0.114. The Labute approximate surface area is 320 Å². The van der Waals surface area contributed by atoms with Crippen LogP contribution in [0.3, 0.4) is 0 Å². The highest BCUT2D eigenvalue weighted by Crippen LogP contribution is 2.44. The lowest BCUT2D eigenvalue weighted by Crippen LogP contribution is -2.21. The highest BCUT2D eigenvalue weighted by atomic mass is 32.3. The predicted octanol–water partition coefficient (Wildman–Crippen LogP) is 7.36.